The predicted octanol–water partition coefficient (Wildman–Crippen LogP) is 5.90. The number of benzene rings is 3. The van der Waals surface area contributed by atoms with Crippen molar-refractivity contribution in [1.82, 2.24) is 9.13 Å². The fourth-order valence-electron chi connectivity index (χ4n) is 4.21. The van der Waals surface area contributed by atoms with E-state index < -0.39 is 0 Å². The van der Waals surface area contributed by atoms with E-state index in [1.807, 2.05) is 49.8 Å². The molecule has 0 saturated carbocycles. The second kappa shape index (κ2) is 8.00. The van der Waals surface area contributed by atoms with Gasteiger partial charge in [0.2, 0.25) is 0 Å². The maximum Gasteiger partial charge on any atom is 0.258 e. The maximum atomic E-state index is 12.7. The fourth-order valence-corrected chi connectivity index (χ4v) is 4.60. The zero-order valence-electron chi connectivity index (χ0n) is 17.5. The summed E-state index contributed by atoms with van der Waals surface area (Å²) in [5, 5.41) is 2.89. The minimum Gasteiger partial charge on any atom is -0.343 e. The molecule has 3 aromatic carbocycles. The molecular formula is C26H23N3OS. The van der Waals surface area contributed by atoms with Gasteiger partial charge in [0.25, 0.3) is 5.56 Å². The molecular weight excluding hydrogens is 402 g/mol. The zero-order chi connectivity index (χ0) is 21.4. The molecule has 0 aliphatic rings. The van der Waals surface area contributed by atoms with Crippen molar-refractivity contribution in [3.8, 4) is 11.1 Å². The smallest absolute Gasteiger partial charge is 0.258 e. The minimum absolute atomic E-state index is 0.0235. The number of fused-ring (bicyclic) bond motifs is 2. The molecule has 31 heavy (non-hydrogen) atoms. The van der Waals surface area contributed by atoms with Crippen LogP contribution in [0.15, 0.2) is 90.0 Å². The molecule has 0 radical (unpaired) electrons. The summed E-state index contributed by atoms with van der Waals surface area (Å²) in [4.78, 5) is 12.7. The topological polar surface area (TPSA) is 39.0 Å². The highest BCUT2D eigenvalue weighted by Crippen LogP contribution is 2.35. The molecule has 0 spiro atoms. The number of hydrogen-bond acceptors (Lipinski definition) is 3. The van der Waals surface area contributed by atoms with Crippen molar-refractivity contribution in [2.45, 2.75) is 6.54 Å². The highest BCUT2D eigenvalue weighted by Gasteiger charge is 2.14. The number of nitrogens with zero attached hydrogens (tertiary/aromatic N) is 2. The summed E-state index contributed by atoms with van der Waals surface area (Å²) in [6.45, 7) is 0.806. The summed E-state index contributed by atoms with van der Waals surface area (Å²) in [6.07, 6.45) is 6.12. The van der Waals surface area contributed by atoms with Crippen LogP contribution in [0.4, 0.5) is 5.69 Å². The molecule has 5 rings (SSSR count). The first-order valence-corrected chi connectivity index (χ1v) is 11.4. The van der Waals surface area contributed by atoms with Gasteiger partial charge in [0.1, 0.15) is 0 Å². The van der Waals surface area contributed by atoms with Crippen LogP contribution in [0.25, 0.3) is 32.8 Å². The van der Waals surface area contributed by atoms with Crippen LogP contribution in [-0.2, 0) is 13.6 Å². The van der Waals surface area contributed by atoms with Crippen LogP contribution >= 0.6 is 11.9 Å². The van der Waals surface area contributed by atoms with E-state index >= 15 is 0 Å². The molecule has 0 aliphatic carbocycles. The first-order chi connectivity index (χ1) is 15.2. The number of aromatic nitrogens is 2. The fraction of sp³-hybridized carbons (Fsp3) is 0.115. The normalized spacial score (nSPS) is 11.3. The van der Waals surface area contributed by atoms with Crippen molar-refractivity contribution in [3.05, 3.63) is 101 Å². The highest BCUT2D eigenvalue weighted by molar-refractivity contribution is 7.99. The average Bonchev–Trinajstić information content (AvgIpc) is 3.20. The molecule has 0 bridgehead atoms. The van der Waals surface area contributed by atoms with Crippen LogP contribution < -0.4 is 10.3 Å². The summed E-state index contributed by atoms with van der Waals surface area (Å²) in [6, 6.07) is 24.9. The zero-order valence-corrected chi connectivity index (χ0v) is 18.3. The van der Waals surface area contributed by atoms with Crippen LogP contribution in [0.3, 0.4) is 0 Å². The van der Waals surface area contributed by atoms with E-state index in [4.69, 9.17) is 0 Å². The standard InChI is InChI=1S/C26H23N3OS/c1-28-17-23(20-10-6-7-11-21(20)26(28)30)19-14-24(27-31-2)22-12-13-29(25(22)15-19)16-18-8-4-3-5-9-18/h3-15,17,27H,16H2,1-2H3. The van der Waals surface area contributed by atoms with Gasteiger partial charge in [0, 0.05) is 48.6 Å². The summed E-state index contributed by atoms with van der Waals surface area (Å²) in [5.41, 5.74) is 5.66. The number of nitrogens with one attached hydrogen (secondary N) is 1. The molecule has 5 heteroatoms. The lowest BCUT2D eigenvalue weighted by atomic mass is 9.99. The number of anilines is 1. The van der Waals surface area contributed by atoms with E-state index in [2.05, 4.69) is 58.0 Å². The van der Waals surface area contributed by atoms with Crippen molar-refractivity contribution < 1.29 is 0 Å². The first-order valence-electron chi connectivity index (χ1n) is 10.2. The van der Waals surface area contributed by atoms with Crippen LogP contribution in [0.5, 0.6) is 0 Å². The van der Waals surface area contributed by atoms with E-state index in [0.29, 0.717) is 0 Å². The Hall–Kier alpha value is -3.44. The van der Waals surface area contributed by atoms with Crippen LogP contribution in [0.1, 0.15) is 5.56 Å². The number of aryl methyl sites for hydroxylation is 1. The Bertz CT molecular complexity index is 1450. The Morgan fingerprint density at radius 3 is 2.42 bits per heavy atom. The van der Waals surface area contributed by atoms with Crippen molar-refractivity contribution in [2.24, 2.45) is 7.05 Å². The Morgan fingerprint density at radius 1 is 0.903 bits per heavy atom. The second-order valence-electron chi connectivity index (χ2n) is 7.70. The molecule has 0 fully saturated rings. The third kappa shape index (κ3) is 3.51. The molecule has 5 aromatic rings. The molecule has 4 nitrogen and oxygen atoms in total. The summed E-state index contributed by atoms with van der Waals surface area (Å²) in [5.74, 6) is 0. The van der Waals surface area contributed by atoms with Crippen LogP contribution in [0.2, 0.25) is 0 Å². The summed E-state index contributed by atoms with van der Waals surface area (Å²) in [7, 11) is 1.82. The highest BCUT2D eigenvalue weighted by atomic mass is 32.2. The number of pyridine rings is 1. The van der Waals surface area contributed by atoms with Gasteiger partial charge < -0.3 is 13.9 Å². The Kier molecular flexibility index (Phi) is 5.04. The molecule has 1 N–H and O–H groups in total. The van der Waals surface area contributed by atoms with Gasteiger partial charge in [-0.2, -0.15) is 0 Å². The predicted molar refractivity (Wildman–Crippen MR) is 133 cm³/mol. The molecule has 0 aliphatic heterocycles. The quantitative estimate of drug-likeness (QED) is 0.356. The van der Waals surface area contributed by atoms with Crippen molar-refractivity contribution in [3.63, 3.8) is 0 Å². The van der Waals surface area contributed by atoms with E-state index in [1.165, 1.54) is 10.9 Å². The third-order valence-corrected chi connectivity index (χ3v) is 6.12. The molecule has 0 saturated heterocycles. The van der Waals surface area contributed by atoms with Gasteiger partial charge in [-0.05, 0) is 40.8 Å². The lowest BCUT2D eigenvalue weighted by Gasteiger charge is -2.14. The van der Waals surface area contributed by atoms with Gasteiger partial charge in [-0.3, -0.25) is 4.79 Å². The molecule has 0 unspecified atom stereocenters. The van der Waals surface area contributed by atoms with Gasteiger partial charge in [0.15, 0.2) is 0 Å². The Balaban J connectivity index is 1.75. The largest absolute Gasteiger partial charge is 0.343 e. The molecule has 0 amide bonds. The van der Waals surface area contributed by atoms with E-state index in [1.54, 1.807) is 16.5 Å². The van der Waals surface area contributed by atoms with E-state index in [9.17, 15) is 4.79 Å². The number of rotatable bonds is 5. The van der Waals surface area contributed by atoms with Gasteiger partial charge in [0.05, 0.1) is 11.2 Å². The monoisotopic (exact) mass is 425 g/mol. The lowest BCUT2D eigenvalue weighted by Crippen LogP contribution is -2.16. The average molecular weight is 426 g/mol. The summed E-state index contributed by atoms with van der Waals surface area (Å²) >= 11 is 1.58. The number of hydrogen-bond donors (Lipinski definition) is 1. The van der Waals surface area contributed by atoms with Gasteiger partial charge in [-0.1, -0.05) is 60.5 Å². The van der Waals surface area contributed by atoms with Crippen LogP contribution in [0, 0.1) is 0 Å². The van der Waals surface area contributed by atoms with E-state index in [0.717, 1.165) is 39.6 Å². The van der Waals surface area contributed by atoms with Gasteiger partial charge >= 0.3 is 0 Å². The van der Waals surface area contributed by atoms with Gasteiger partial charge in [-0.25, -0.2) is 0 Å². The SMILES string of the molecule is CSNc1cc(-c2cn(C)c(=O)c3ccccc23)cc2c1ccn2Cc1ccccc1. The molecule has 154 valence electrons. The van der Waals surface area contributed by atoms with Crippen LogP contribution in [-0.4, -0.2) is 15.4 Å². The third-order valence-electron chi connectivity index (χ3n) is 5.70. The Morgan fingerprint density at radius 2 is 1.65 bits per heavy atom. The Labute approximate surface area is 185 Å². The lowest BCUT2D eigenvalue weighted by molar-refractivity contribution is 0.837. The second-order valence-corrected chi connectivity index (χ2v) is 8.31. The molecule has 2 aromatic heterocycles. The maximum absolute atomic E-state index is 12.7. The van der Waals surface area contributed by atoms with E-state index in [-0.39, 0.29) is 5.56 Å². The van der Waals surface area contributed by atoms with Crippen molar-refractivity contribution in [1.29, 1.82) is 0 Å². The van der Waals surface area contributed by atoms with Gasteiger partial charge in [-0.15, -0.1) is 0 Å². The molecule has 2 heterocycles. The summed E-state index contributed by atoms with van der Waals surface area (Å²) < 4.78 is 7.40. The molecule has 0 atom stereocenters. The van der Waals surface area contributed by atoms with Crippen molar-refractivity contribution >= 4 is 39.3 Å². The van der Waals surface area contributed by atoms with Crippen molar-refractivity contribution in [2.75, 3.05) is 11.0 Å². The minimum atomic E-state index is 0.0235. The first kappa shape index (κ1) is 19.5.